The van der Waals surface area contributed by atoms with Gasteiger partial charge in [0.25, 0.3) is 5.91 Å². The van der Waals surface area contributed by atoms with Crippen molar-refractivity contribution in [1.29, 1.82) is 0 Å². The smallest absolute Gasteiger partial charge is 0.329 e. The topological polar surface area (TPSA) is 112 Å². The SMILES string of the molecule is CC[C@@](Cc1ccc(NC(=O)c2c(Cl)cncc2Cl)cc1)(NC1=C(C2=CC=CN(C)C2)C(=O)C12CCCCC2)C(=O)O.I. The Bertz CT molecular complexity index is 1500. The average Bonchev–Trinajstić information content (AvgIpc) is 2.97. The number of carbonyl (C=O) groups is 3. The maximum absolute atomic E-state index is 13.7. The molecular formula is C32H35Cl2IN4O4. The Balaban J connectivity index is 0.00000423. The molecular weight excluding hydrogens is 702 g/mol. The van der Waals surface area contributed by atoms with Crippen LogP contribution in [0.25, 0.3) is 0 Å². The highest BCUT2D eigenvalue weighted by molar-refractivity contribution is 14.0. The number of halogens is 3. The van der Waals surface area contributed by atoms with E-state index >= 15 is 0 Å². The number of benzene rings is 1. The first-order valence-corrected chi connectivity index (χ1v) is 14.9. The molecule has 1 atom stereocenters. The van der Waals surface area contributed by atoms with Gasteiger partial charge in [-0.15, -0.1) is 24.0 Å². The summed E-state index contributed by atoms with van der Waals surface area (Å²) in [4.78, 5) is 45.4. The number of amides is 1. The summed E-state index contributed by atoms with van der Waals surface area (Å²) < 4.78 is 0. The van der Waals surface area contributed by atoms with Gasteiger partial charge in [0.1, 0.15) is 5.54 Å². The molecule has 2 aromatic rings. The van der Waals surface area contributed by atoms with Gasteiger partial charge in [-0.2, -0.15) is 0 Å². The van der Waals surface area contributed by atoms with E-state index in [4.69, 9.17) is 23.2 Å². The van der Waals surface area contributed by atoms with E-state index in [0.29, 0.717) is 24.2 Å². The number of anilines is 1. The van der Waals surface area contributed by atoms with Gasteiger partial charge in [-0.3, -0.25) is 14.6 Å². The molecule has 1 spiro atoms. The Kier molecular flexibility index (Phi) is 10.3. The van der Waals surface area contributed by atoms with E-state index in [1.807, 2.05) is 37.2 Å². The number of ketones is 1. The highest BCUT2D eigenvalue weighted by Gasteiger charge is 2.56. The van der Waals surface area contributed by atoms with Crippen LogP contribution >= 0.6 is 47.2 Å². The summed E-state index contributed by atoms with van der Waals surface area (Å²) >= 11 is 12.2. The number of carboxylic acid groups (broad SMARTS) is 1. The van der Waals surface area contributed by atoms with Crippen molar-refractivity contribution >= 4 is 70.5 Å². The third kappa shape index (κ3) is 6.35. The summed E-state index contributed by atoms with van der Waals surface area (Å²) in [7, 11) is 1.95. The van der Waals surface area contributed by atoms with Crippen LogP contribution in [0.1, 0.15) is 61.4 Å². The lowest BCUT2D eigenvalue weighted by Gasteiger charge is -2.50. The normalized spacial score (nSPS) is 18.7. The number of aliphatic carboxylic acids is 1. The van der Waals surface area contributed by atoms with Crippen molar-refractivity contribution in [2.75, 3.05) is 18.9 Å². The summed E-state index contributed by atoms with van der Waals surface area (Å²) in [5.74, 6) is -1.32. The lowest BCUT2D eigenvalue weighted by atomic mass is 9.57. The van der Waals surface area contributed by atoms with Gasteiger partial charge in [0, 0.05) is 49.4 Å². The van der Waals surface area contributed by atoms with Crippen LogP contribution < -0.4 is 10.6 Å². The number of allylic oxidation sites excluding steroid dienone is 3. The first-order valence-electron chi connectivity index (χ1n) is 14.2. The van der Waals surface area contributed by atoms with E-state index in [2.05, 4.69) is 15.6 Å². The Morgan fingerprint density at radius 3 is 2.33 bits per heavy atom. The molecule has 2 aliphatic carbocycles. The molecule has 3 N–H and O–H groups in total. The third-order valence-corrected chi connectivity index (χ3v) is 9.22. The number of rotatable bonds is 9. The quantitative estimate of drug-likeness (QED) is 0.243. The molecule has 2 heterocycles. The zero-order chi connectivity index (χ0) is 30.1. The third-order valence-electron chi connectivity index (χ3n) is 8.65. The molecule has 1 amide bonds. The Morgan fingerprint density at radius 2 is 1.74 bits per heavy atom. The monoisotopic (exact) mass is 736 g/mol. The second-order valence-corrected chi connectivity index (χ2v) is 12.2. The molecule has 5 rings (SSSR count). The number of carbonyl (C=O) groups excluding carboxylic acids is 2. The van der Waals surface area contributed by atoms with Gasteiger partial charge < -0.3 is 20.6 Å². The predicted octanol–water partition coefficient (Wildman–Crippen LogP) is 6.80. The van der Waals surface area contributed by atoms with Gasteiger partial charge in [-0.25, -0.2) is 4.79 Å². The minimum absolute atomic E-state index is 0. The highest BCUT2D eigenvalue weighted by atomic mass is 127. The molecule has 1 fully saturated rings. The van der Waals surface area contributed by atoms with Gasteiger partial charge in [0.15, 0.2) is 5.78 Å². The van der Waals surface area contributed by atoms with Gasteiger partial charge in [-0.1, -0.05) is 67.6 Å². The lowest BCUT2D eigenvalue weighted by molar-refractivity contribution is -0.145. The van der Waals surface area contributed by atoms with Gasteiger partial charge in [-0.05, 0) is 54.8 Å². The van der Waals surface area contributed by atoms with Crippen LogP contribution in [0.15, 0.2) is 71.9 Å². The van der Waals surface area contributed by atoms with Crippen molar-refractivity contribution in [3.05, 3.63) is 93.0 Å². The number of hydrogen-bond donors (Lipinski definition) is 3. The maximum Gasteiger partial charge on any atom is 0.329 e. The van der Waals surface area contributed by atoms with E-state index in [-0.39, 0.29) is 51.8 Å². The van der Waals surface area contributed by atoms with Crippen molar-refractivity contribution < 1.29 is 19.5 Å². The molecule has 0 radical (unpaired) electrons. The lowest BCUT2D eigenvalue weighted by Crippen LogP contribution is -2.61. The Morgan fingerprint density at radius 1 is 1.09 bits per heavy atom. The number of nitrogens with zero attached hydrogens (tertiary/aromatic N) is 2. The molecule has 43 heavy (non-hydrogen) atoms. The number of hydrogen-bond acceptors (Lipinski definition) is 6. The predicted molar refractivity (Wildman–Crippen MR) is 179 cm³/mol. The van der Waals surface area contributed by atoms with Crippen molar-refractivity contribution in [1.82, 2.24) is 15.2 Å². The van der Waals surface area contributed by atoms with E-state index in [9.17, 15) is 19.5 Å². The van der Waals surface area contributed by atoms with E-state index in [1.165, 1.54) is 12.4 Å². The summed E-state index contributed by atoms with van der Waals surface area (Å²) in [6.07, 6.45) is 13.5. The van der Waals surface area contributed by atoms with Crippen LogP contribution in [0, 0.1) is 5.41 Å². The number of aromatic nitrogens is 1. The summed E-state index contributed by atoms with van der Waals surface area (Å²) in [6.45, 7) is 2.44. The largest absolute Gasteiger partial charge is 0.479 e. The Hall–Kier alpha value is -2.89. The molecule has 0 unspecified atom stereocenters. The highest BCUT2D eigenvalue weighted by Crippen LogP contribution is 2.54. The molecule has 8 nitrogen and oxygen atoms in total. The van der Waals surface area contributed by atoms with Crippen molar-refractivity contribution in [2.45, 2.75) is 57.4 Å². The fraction of sp³-hybridized carbons (Fsp3) is 0.375. The zero-order valence-electron chi connectivity index (χ0n) is 24.1. The van der Waals surface area contributed by atoms with Gasteiger partial charge >= 0.3 is 5.97 Å². The van der Waals surface area contributed by atoms with E-state index in [1.54, 1.807) is 24.3 Å². The second kappa shape index (κ2) is 13.4. The van der Waals surface area contributed by atoms with Crippen LogP contribution in [-0.2, 0) is 16.0 Å². The fourth-order valence-corrected chi connectivity index (χ4v) is 6.80. The van der Waals surface area contributed by atoms with Crippen LogP contribution in [0.5, 0.6) is 0 Å². The number of carboxylic acids is 1. The molecule has 3 aliphatic rings. The standard InChI is InChI=1S/C32H34Cl2N4O4.HI/c1-3-32(30(41)42,16-20-9-11-22(12-10-20)36-29(40)26-23(33)17-35-18-24(26)34)37-27-25(21-8-7-15-38(2)19-21)28(39)31(27)13-5-4-6-14-31;/h7-12,15,17-18,37H,3-6,13-14,16,19H2,1-2H3,(H,36,40)(H,41,42);1H/t32-;/m0./s1. The number of likely N-dealkylation sites (N-methyl/N-ethyl adjacent to an activating group) is 1. The molecule has 0 saturated heterocycles. The summed E-state index contributed by atoms with van der Waals surface area (Å²) in [5.41, 5.74) is 1.76. The number of nitrogens with one attached hydrogen (secondary N) is 2. The first-order chi connectivity index (χ1) is 20.1. The van der Waals surface area contributed by atoms with Crippen LogP contribution in [-0.4, -0.2) is 51.8 Å². The zero-order valence-corrected chi connectivity index (χ0v) is 27.9. The van der Waals surface area contributed by atoms with Gasteiger partial charge in [0.2, 0.25) is 0 Å². The molecule has 0 bridgehead atoms. The van der Waals surface area contributed by atoms with Crippen LogP contribution in [0.3, 0.4) is 0 Å². The second-order valence-electron chi connectivity index (χ2n) is 11.3. The van der Waals surface area contributed by atoms with E-state index in [0.717, 1.165) is 48.9 Å². The van der Waals surface area contributed by atoms with E-state index < -0.39 is 22.8 Å². The molecule has 11 heteroatoms. The first kappa shape index (κ1) is 33.0. The summed E-state index contributed by atoms with van der Waals surface area (Å²) in [5, 5.41) is 17.1. The maximum atomic E-state index is 13.7. The Labute approximate surface area is 278 Å². The molecule has 228 valence electrons. The van der Waals surface area contributed by atoms with Crippen molar-refractivity contribution in [3.8, 4) is 0 Å². The number of pyridine rings is 1. The van der Waals surface area contributed by atoms with Gasteiger partial charge in [0.05, 0.1) is 21.0 Å². The van der Waals surface area contributed by atoms with Crippen molar-refractivity contribution in [3.63, 3.8) is 0 Å². The fourth-order valence-electron chi connectivity index (χ4n) is 6.26. The minimum atomic E-state index is -1.33. The number of Topliss-reactive ketones (excluding diaryl/α,β-unsaturated/α-hetero) is 1. The molecule has 1 aliphatic heterocycles. The van der Waals surface area contributed by atoms with Crippen LogP contribution in [0.4, 0.5) is 5.69 Å². The molecule has 1 aromatic heterocycles. The minimum Gasteiger partial charge on any atom is -0.479 e. The molecule has 1 aromatic carbocycles. The summed E-state index contributed by atoms with van der Waals surface area (Å²) in [6, 6.07) is 7.02. The average molecular weight is 737 g/mol. The van der Waals surface area contributed by atoms with Crippen molar-refractivity contribution in [2.24, 2.45) is 5.41 Å². The van der Waals surface area contributed by atoms with Crippen LogP contribution in [0.2, 0.25) is 10.0 Å². The molecule has 1 saturated carbocycles.